The van der Waals surface area contributed by atoms with Crippen molar-refractivity contribution in [1.82, 2.24) is 15.5 Å². The zero-order valence-corrected chi connectivity index (χ0v) is 20.1. The minimum absolute atomic E-state index is 0.176. The van der Waals surface area contributed by atoms with Crippen LogP contribution in [0.15, 0.2) is 27.8 Å². The molecule has 8 heteroatoms. The van der Waals surface area contributed by atoms with E-state index in [9.17, 15) is 4.79 Å². The predicted octanol–water partition coefficient (Wildman–Crippen LogP) is 3.71. The summed E-state index contributed by atoms with van der Waals surface area (Å²) in [6.07, 6.45) is 7.11. The molecule has 32 heavy (non-hydrogen) atoms. The van der Waals surface area contributed by atoms with Crippen molar-refractivity contribution in [3.8, 4) is 0 Å². The van der Waals surface area contributed by atoms with E-state index in [0.29, 0.717) is 6.54 Å². The van der Waals surface area contributed by atoms with E-state index in [1.807, 2.05) is 44.7 Å². The first kappa shape index (κ1) is 24.4. The number of amides is 1. The quantitative estimate of drug-likeness (QED) is 0.340. The van der Waals surface area contributed by atoms with E-state index >= 15 is 0 Å². The number of hydrogen-bond acceptors (Lipinski definition) is 5. The zero-order valence-electron chi connectivity index (χ0n) is 20.1. The summed E-state index contributed by atoms with van der Waals surface area (Å²) in [7, 11) is 0. The molecule has 2 atom stereocenters. The first-order valence-corrected chi connectivity index (χ1v) is 12.0. The molecule has 2 N–H and O–H groups in total. The number of carbonyl (C=O) groups excluding carboxylic acids is 1. The average molecular weight is 449 g/mol. The number of fused-ring (bicyclic) bond motifs is 2. The summed E-state index contributed by atoms with van der Waals surface area (Å²) in [5.74, 6) is 1.78. The highest BCUT2D eigenvalue weighted by Gasteiger charge is 2.45. The number of nitrogens with zero attached hydrogens (tertiary/aromatic N) is 2. The van der Waals surface area contributed by atoms with Crippen LogP contribution in [0.2, 0.25) is 0 Å². The molecule has 2 aliphatic rings. The summed E-state index contributed by atoms with van der Waals surface area (Å²) in [6, 6.07) is 4.63. The second-order valence-electron chi connectivity index (χ2n) is 9.62. The van der Waals surface area contributed by atoms with Gasteiger partial charge in [-0.15, -0.1) is 0 Å². The number of ether oxygens (including phenoxy) is 2. The van der Waals surface area contributed by atoms with Gasteiger partial charge in [0, 0.05) is 50.8 Å². The minimum Gasteiger partial charge on any atom is -0.469 e. The zero-order chi connectivity index (χ0) is 23.0. The number of aliphatic imine (C=N–C) groups is 1. The van der Waals surface area contributed by atoms with Gasteiger partial charge < -0.3 is 29.4 Å². The third-order valence-electron chi connectivity index (χ3n) is 5.84. The van der Waals surface area contributed by atoms with Crippen LogP contribution >= 0.6 is 0 Å². The van der Waals surface area contributed by atoms with Gasteiger partial charge in [0.25, 0.3) is 0 Å². The van der Waals surface area contributed by atoms with Gasteiger partial charge in [0.2, 0.25) is 0 Å². The maximum absolute atomic E-state index is 12.7. The Hall–Kier alpha value is -2.22. The van der Waals surface area contributed by atoms with Gasteiger partial charge >= 0.3 is 6.09 Å². The minimum atomic E-state index is -0.467. The summed E-state index contributed by atoms with van der Waals surface area (Å²) in [4.78, 5) is 19.5. The molecule has 1 aromatic rings. The van der Waals surface area contributed by atoms with Gasteiger partial charge in [0.15, 0.2) is 5.96 Å². The lowest BCUT2D eigenvalue weighted by Gasteiger charge is -2.40. The molecule has 2 saturated heterocycles. The van der Waals surface area contributed by atoms with Crippen molar-refractivity contribution in [2.75, 3.05) is 26.3 Å². The van der Waals surface area contributed by atoms with Crippen LogP contribution in [-0.4, -0.2) is 67.0 Å². The van der Waals surface area contributed by atoms with Crippen molar-refractivity contribution in [2.45, 2.75) is 89.9 Å². The Morgan fingerprint density at radius 2 is 2.03 bits per heavy atom. The van der Waals surface area contributed by atoms with Gasteiger partial charge in [-0.2, -0.15) is 0 Å². The second kappa shape index (κ2) is 11.6. The summed E-state index contributed by atoms with van der Waals surface area (Å²) in [6.45, 7) is 10.7. The molecule has 0 aromatic carbocycles. The molecule has 3 rings (SSSR count). The van der Waals surface area contributed by atoms with E-state index in [1.54, 1.807) is 6.26 Å². The summed E-state index contributed by atoms with van der Waals surface area (Å²) in [5.41, 5.74) is -0.467. The summed E-state index contributed by atoms with van der Waals surface area (Å²) >= 11 is 0. The molecule has 8 nitrogen and oxygen atoms in total. The van der Waals surface area contributed by atoms with Crippen molar-refractivity contribution < 1.29 is 18.7 Å². The van der Waals surface area contributed by atoms with E-state index in [2.05, 4.69) is 10.6 Å². The predicted molar refractivity (Wildman–Crippen MR) is 125 cm³/mol. The number of hydrogen-bond donors (Lipinski definition) is 2. The van der Waals surface area contributed by atoms with Crippen molar-refractivity contribution in [3.63, 3.8) is 0 Å². The van der Waals surface area contributed by atoms with E-state index in [1.165, 1.54) is 0 Å². The van der Waals surface area contributed by atoms with E-state index in [-0.39, 0.29) is 24.2 Å². The van der Waals surface area contributed by atoms with E-state index < -0.39 is 5.60 Å². The molecule has 2 aliphatic heterocycles. The molecule has 2 unspecified atom stereocenters. The first-order valence-electron chi connectivity index (χ1n) is 12.0. The highest BCUT2D eigenvalue weighted by molar-refractivity contribution is 5.80. The molecule has 3 heterocycles. The van der Waals surface area contributed by atoms with E-state index in [4.69, 9.17) is 18.9 Å². The first-order chi connectivity index (χ1) is 15.4. The fourth-order valence-electron chi connectivity index (χ4n) is 4.51. The maximum atomic E-state index is 12.7. The van der Waals surface area contributed by atoms with Gasteiger partial charge in [0.1, 0.15) is 11.4 Å². The molecular formula is C24H40N4O4. The van der Waals surface area contributed by atoms with Gasteiger partial charge in [-0.1, -0.05) is 0 Å². The molecule has 0 spiro atoms. The molecule has 2 fully saturated rings. The summed E-state index contributed by atoms with van der Waals surface area (Å²) < 4.78 is 16.5. The van der Waals surface area contributed by atoms with Gasteiger partial charge in [-0.3, -0.25) is 4.99 Å². The lowest BCUT2D eigenvalue weighted by atomic mass is 9.98. The molecule has 0 aliphatic carbocycles. The van der Waals surface area contributed by atoms with Crippen LogP contribution < -0.4 is 10.6 Å². The van der Waals surface area contributed by atoms with Crippen molar-refractivity contribution in [1.29, 1.82) is 0 Å². The van der Waals surface area contributed by atoms with Crippen LogP contribution in [0.25, 0.3) is 0 Å². The Morgan fingerprint density at radius 1 is 1.28 bits per heavy atom. The number of rotatable bonds is 9. The molecule has 1 amide bonds. The average Bonchev–Trinajstić information content (AvgIpc) is 3.32. The Labute approximate surface area is 192 Å². The Balaban J connectivity index is 1.54. The fourth-order valence-corrected chi connectivity index (χ4v) is 4.51. The maximum Gasteiger partial charge on any atom is 0.410 e. The van der Waals surface area contributed by atoms with Crippen LogP contribution in [0.4, 0.5) is 4.79 Å². The van der Waals surface area contributed by atoms with Crippen molar-refractivity contribution in [3.05, 3.63) is 24.2 Å². The topological polar surface area (TPSA) is 88.3 Å². The van der Waals surface area contributed by atoms with Crippen molar-refractivity contribution >= 4 is 12.1 Å². The third-order valence-corrected chi connectivity index (χ3v) is 5.84. The molecule has 0 saturated carbocycles. The van der Waals surface area contributed by atoms with Crippen LogP contribution in [0.1, 0.15) is 65.6 Å². The molecule has 0 radical (unpaired) electrons. The largest absolute Gasteiger partial charge is 0.469 e. The highest BCUT2D eigenvalue weighted by atomic mass is 16.6. The Morgan fingerprint density at radius 3 is 2.66 bits per heavy atom. The number of piperidine rings is 1. The summed E-state index contributed by atoms with van der Waals surface area (Å²) in [5, 5.41) is 7.07. The second-order valence-corrected chi connectivity index (χ2v) is 9.62. The molecule has 180 valence electrons. The monoisotopic (exact) mass is 448 g/mol. The Bertz CT molecular complexity index is 715. The molecular weight excluding hydrogens is 408 g/mol. The lowest BCUT2D eigenvalue weighted by molar-refractivity contribution is 0.00545. The number of nitrogens with one attached hydrogen (secondary N) is 2. The van der Waals surface area contributed by atoms with Crippen LogP contribution in [-0.2, 0) is 15.9 Å². The molecule has 1 aromatic heterocycles. The fraction of sp³-hybridized carbons (Fsp3) is 0.750. The smallest absolute Gasteiger partial charge is 0.410 e. The number of carbonyl (C=O) groups is 1. The SMILES string of the molecule is CCOCCCN=C(NCCc1ccco1)NC1CC2CCC(C1)N2C(=O)OC(C)(C)C. The lowest BCUT2D eigenvalue weighted by Crippen LogP contribution is -2.55. The number of furan rings is 1. The number of guanidine groups is 1. The van der Waals surface area contributed by atoms with Gasteiger partial charge in [-0.05, 0) is 71.9 Å². The van der Waals surface area contributed by atoms with Gasteiger partial charge in [0.05, 0.1) is 6.26 Å². The van der Waals surface area contributed by atoms with Crippen LogP contribution in [0.3, 0.4) is 0 Å². The van der Waals surface area contributed by atoms with E-state index in [0.717, 1.165) is 70.0 Å². The normalized spacial score (nSPS) is 23.3. The van der Waals surface area contributed by atoms with Gasteiger partial charge in [-0.25, -0.2) is 4.79 Å². The standard InChI is InChI=1S/C24H40N4O4/c1-5-30-14-7-12-25-22(26-13-11-21-8-6-15-31-21)27-18-16-19-9-10-20(17-18)28(19)23(29)32-24(2,3)4/h6,8,15,18-20H,5,7,9-14,16-17H2,1-4H3,(H2,25,26,27). The third kappa shape index (κ3) is 7.43. The highest BCUT2D eigenvalue weighted by Crippen LogP contribution is 2.36. The van der Waals surface area contributed by atoms with Crippen LogP contribution in [0.5, 0.6) is 0 Å². The Kier molecular flexibility index (Phi) is 8.84. The van der Waals surface area contributed by atoms with Crippen molar-refractivity contribution in [2.24, 2.45) is 4.99 Å². The van der Waals surface area contributed by atoms with Crippen LogP contribution in [0, 0.1) is 0 Å². The molecule has 2 bridgehead atoms.